The van der Waals surface area contributed by atoms with Crippen molar-refractivity contribution in [1.82, 2.24) is 19.5 Å². The van der Waals surface area contributed by atoms with E-state index in [4.69, 9.17) is 4.74 Å². The van der Waals surface area contributed by atoms with Crippen LogP contribution in [-0.4, -0.2) is 56.8 Å². The van der Waals surface area contributed by atoms with Crippen LogP contribution in [-0.2, 0) is 0 Å². The van der Waals surface area contributed by atoms with Gasteiger partial charge in [0.2, 0.25) is 5.95 Å². The number of pyridine rings is 1. The molecule has 1 fully saturated rings. The maximum absolute atomic E-state index is 11.7. The van der Waals surface area contributed by atoms with Crippen LogP contribution < -0.4 is 10.1 Å². The van der Waals surface area contributed by atoms with Gasteiger partial charge in [-0.1, -0.05) is 24.3 Å². The molecule has 8 heteroatoms. The fourth-order valence-corrected chi connectivity index (χ4v) is 4.12. The van der Waals surface area contributed by atoms with E-state index in [0.717, 1.165) is 18.0 Å². The highest BCUT2D eigenvalue weighted by molar-refractivity contribution is 5.95. The van der Waals surface area contributed by atoms with Crippen LogP contribution >= 0.6 is 0 Å². The van der Waals surface area contributed by atoms with Crippen LogP contribution in [0, 0.1) is 0 Å². The molecule has 2 aromatic carbocycles. The number of aromatic nitrogens is 3. The minimum atomic E-state index is -0.983. The zero-order valence-electron chi connectivity index (χ0n) is 18.1. The first-order chi connectivity index (χ1) is 16.2. The Morgan fingerprint density at radius 2 is 1.79 bits per heavy atom. The zero-order valence-corrected chi connectivity index (χ0v) is 18.1. The molecule has 1 aliphatic rings. The van der Waals surface area contributed by atoms with Crippen molar-refractivity contribution in [3.63, 3.8) is 0 Å². The fourth-order valence-electron chi connectivity index (χ4n) is 4.12. The Hall–Kier alpha value is -3.91. The largest absolute Gasteiger partial charge is 0.492 e. The number of aromatic carboxylic acids is 1. The lowest BCUT2D eigenvalue weighted by atomic mass is 10.0. The van der Waals surface area contributed by atoms with Crippen LogP contribution in [0.15, 0.2) is 66.7 Å². The van der Waals surface area contributed by atoms with E-state index in [1.807, 2.05) is 48.5 Å². The lowest BCUT2D eigenvalue weighted by Gasteiger charge is -2.15. The number of ether oxygens (including phenoxy) is 1. The summed E-state index contributed by atoms with van der Waals surface area (Å²) in [5.41, 5.74) is 2.92. The Morgan fingerprint density at radius 1 is 1.00 bits per heavy atom. The molecule has 33 heavy (non-hydrogen) atoms. The number of anilines is 2. The Labute approximate surface area is 191 Å². The molecule has 0 aliphatic carbocycles. The predicted octanol–water partition coefficient (Wildman–Crippen LogP) is 4.31. The number of nitrogens with zero attached hydrogens (tertiary/aromatic N) is 4. The van der Waals surface area contributed by atoms with Gasteiger partial charge < -0.3 is 15.2 Å². The lowest BCUT2D eigenvalue weighted by Crippen LogP contribution is -2.25. The Bertz CT molecular complexity index is 1260. The van der Waals surface area contributed by atoms with Gasteiger partial charge in [0.05, 0.1) is 11.3 Å². The normalized spacial score (nSPS) is 13.9. The first-order valence-electron chi connectivity index (χ1n) is 11.1. The monoisotopic (exact) mass is 443 g/mol. The molecule has 8 nitrogen and oxygen atoms in total. The minimum absolute atomic E-state index is 0.218. The van der Waals surface area contributed by atoms with E-state index < -0.39 is 5.97 Å². The second kappa shape index (κ2) is 9.30. The molecule has 0 radical (unpaired) electrons. The van der Waals surface area contributed by atoms with E-state index in [1.165, 1.54) is 25.9 Å². The SMILES string of the molecule is O=C(O)c1ccccc1-c1cccc2nc(Nc3ccc(OCCN4CCCC4)cc3)nn12. The van der Waals surface area contributed by atoms with Crippen molar-refractivity contribution in [2.75, 3.05) is 31.6 Å². The standard InChI is InChI=1S/C25H25N5O3/c31-24(32)21-7-2-1-6-20(21)22-8-5-9-23-27-25(28-30(22)23)26-18-10-12-19(13-11-18)33-17-16-29-14-3-4-15-29/h1-2,5-13H,3-4,14-17H2,(H,26,28)(H,31,32). The molecule has 0 spiro atoms. The first-order valence-corrected chi connectivity index (χ1v) is 11.1. The van der Waals surface area contributed by atoms with Gasteiger partial charge in [-0.3, -0.25) is 4.90 Å². The summed E-state index contributed by atoms with van der Waals surface area (Å²) < 4.78 is 7.52. The van der Waals surface area contributed by atoms with Gasteiger partial charge in [-0.15, -0.1) is 5.10 Å². The van der Waals surface area contributed by atoms with Crippen molar-refractivity contribution in [1.29, 1.82) is 0 Å². The van der Waals surface area contributed by atoms with Crippen LogP contribution in [0.1, 0.15) is 23.2 Å². The molecule has 0 bridgehead atoms. The van der Waals surface area contributed by atoms with E-state index in [2.05, 4.69) is 20.3 Å². The van der Waals surface area contributed by atoms with Gasteiger partial charge in [-0.25, -0.2) is 9.31 Å². The van der Waals surface area contributed by atoms with Gasteiger partial charge >= 0.3 is 5.97 Å². The fraction of sp³-hybridized carbons (Fsp3) is 0.240. The number of benzene rings is 2. The van der Waals surface area contributed by atoms with E-state index in [0.29, 0.717) is 29.5 Å². The number of hydrogen-bond donors (Lipinski definition) is 2. The molecule has 4 aromatic rings. The van der Waals surface area contributed by atoms with Crippen molar-refractivity contribution in [2.24, 2.45) is 0 Å². The van der Waals surface area contributed by atoms with Crippen LogP contribution in [0.3, 0.4) is 0 Å². The molecule has 0 amide bonds. The van der Waals surface area contributed by atoms with Gasteiger partial charge in [0.15, 0.2) is 5.65 Å². The molecule has 3 heterocycles. The van der Waals surface area contributed by atoms with Crippen molar-refractivity contribution in [3.05, 3.63) is 72.3 Å². The molecule has 5 rings (SSSR count). The lowest BCUT2D eigenvalue weighted by molar-refractivity contribution is 0.0697. The molecule has 168 valence electrons. The van der Waals surface area contributed by atoms with E-state index in [9.17, 15) is 9.90 Å². The Morgan fingerprint density at radius 3 is 2.58 bits per heavy atom. The molecule has 0 unspecified atom stereocenters. The zero-order chi connectivity index (χ0) is 22.6. The Kier molecular flexibility index (Phi) is 5.91. The van der Waals surface area contributed by atoms with Gasteiger partial charge in [0.25, 0.3) is 0 Å². The summed E-state index contributed by atoms with van der Waals surface area (Å²) >= 11 is 0. The number of hydrogen-bond acceptors (Lipinski definition) is 6. The van der Waals surface area contributed by atoms with Gasteiger partial charge in [-0.05, 0) is 68.4 Å². The van der Waals surface area contributed by atoms with Gasteiger partial charge in [0.1, 0.15) is 12.4 Å². The summed E-state index contributed by atoms with van der Waals surface area (Å²) in [6.45, 7) is 3.98. The van der Waals surface area contributed by atoms with Gasteiger partial charge in [0, 0.05) is 17.8 Å². The van der Waals surface area contributed by atoms with Crippen LogP contribution in [0.5, 0.6) is 5.75 Å². The van der Waals surface area contributed by atoms with E-state index in [1.54, 1.807) is 22.7 Å². The third-order valence-electron chi connectivity index (χ3n) is 5.78. The summed E-state index contributed by atoms with van der Waals surface area (Å²) in [4.78, 5) is 18.6. The smallest absolute Gasteiger partial charge is 0.336 e. The van der Waals surface area contributed by atoms with Crippen LogP contribution in [0.2, 0.25) is 0 Å². The quantitative estimate of drug-likeness (QED) is 0.419. The average Bonchev–Trinajstić information content (AvgIpc) is 3.49. The summed E-state index contributed by atoms with van der Waals surface area (Å²) in [6, 6.07) is 20.1. The molecule has 2 N–H and O–H groups in total. The summed E-state index contributed by atoms with van der Waals surface area (Å²) in [7, 11) is 0. The molecular weight excluding hydrogens is 418 g/mol. The number of likely N-dealkylation sites (tertiary alicyclic amines) is 1. The molecule has 0 atom stereocenters. The van der Waals surface area contributed by atoms with E-state index >= 15 is 0 Å². The van der Waals surface area contributed by atoms with Crippen molar-refractivity contribution >= 4 is 23.3 Å². The second-order valence-corrected chi connectivity index (χ2v) is 8.01. The summed E-state index contributed by atoms with van der Waals surface area (Å²) in [5.74, 6) is 0.275. The topological polar surface area (TPSA) is 92.0 Å². The highest BCUT2D eigenvalue weighted by Crippen LogP contribution is 2.26. The number of rotatable bonds is 8. The minimum Gasteiger partial charge on any atom is -0.492 e. The number of carboxylic acid groups (broad SMARTS) is 1. The predicted molar refractivity (Wildman–Crippen MR) is 126 cm³/mol. The number of carbonyl (C=O) groups is 1. The molecule has 0 saturated carbocycles. The summed E-state index contributed by atoms with van der Waals surface area (Å²) in [6.07, 6.45) is 2.57. The molecule has 2 aromatic heterocycles. The Balaban J connectivity index is 1.31. The van der Waals surface area contributed by atoms with Crippen LogP contribution in [0.25, 0.3) is 16.9 Å². The highest BCUT2D eigenvalue weighted by Gasteiger charge is 2.15. The average molecular weight is 444 g/mol. The second-order valence-electron chi connectivity index (χ2n) is 8.01. The van der Waals surface area contributed by atoms with Crippen molar-refractivity contribution in [2.45, 2.75) is 12.8 Å². The maximum atomic E-state index is 11.7. The van der Waals surface area contributed by atoms with E-state index in [-0.39, 0.29) is 5.56 Å². The summed E-state index contributed by atoms with van der Waals surface area (Å²) in [5, 5.41) is 17.3. The first kappa shape index (κ1) is 21.0. The highest BCUT2D eigenvalue weighted by atomic mass is 16.5. The molecular formula is C25H25N5O3. The number of nitrogens with one attached hydrogen (secondary N) is 1. The number of carboxylic acids is 1. The number of fused-ring (bicyclic) bond motifs is 1. The molecule has 1 aliphatic heterocycles. The van der Waals surface area contributed by atoms with Crippen LogP contribution in [0.4, 0.5) is 11.6 Å². The third-order valence-corrected chi connectivity index (χ3v) is 5.78. The third kappa shape index (κ3) is 4.65. The van der Waals surface area contributed by atoms with Gasteiger partial charge in [-0.2, -0.15) is 4.98 Å². The van der Waals surface area contributed by atoms with Crippen molar-refractivity contribution in [3.8, 4) is 17.0 Å². The maximum Gasteiger partial charge on any atom is 0.336 e. The van der Waals surface area contributed by atoms with Crippen molar-refractivity contribution < 1.29 is 14.6 Å². The molecule has 1 saturated heterocycles.